The quantitative estimate of drug-likeness (QED) is 0.0938. The third kappa shape index (κ3) is 7.15. The summed E-state index contributed by atoms with van der Waals surface area (Å²) in [5.41, 5.74) is 2.38. The molecule has 4 aliphatic rings. The van der Waals surface area contributed by atoms with Crippen molar-refractivity contribution in [1.29, 1.82) is 0 Å². The summed E-state index contributed by atoms with van der Waals surface area (Å²) < 4.78 is 180. The van der Waals surface area contributed by atoms with Gasteiger partial charge in [-0.1, -0.05) is 0 Å². The second-order valence-electron chi connectivity index (χ2n) is 15.5. The van der Waals surface area contributed by atoms with Gasteiger partial charge in [0.25, 0.3) is 0 Å². The first-order valence-electron chi connectivity index (χ1n) is 19.4. The van der Waals surface area contributed by atoms with Gasteiger partial charge in [-0.05, 0) is 0 Å². The zero-order chi connectivity index (χ0) is 45.0. The number of hydrogen-bond acceptors (Lipinski definition) is 0. The number of rotatable bonds is 8. The zero-order valence-corrected chi connectivity index (χ0v) is 36.7. The monoisotopic (exact) mass is 936 g/mol. The molecule has 62 heavy (non-hydrogen) atoms. The first kappa shape index (κ1) is 45.4. The topological polar surface area (TPSA) is 0 Å². The van der Waals surface area contributed by atoms with E-state index in [1.807, 2.05) is 38.2 Å². The van der Waals surface area contributed by atoms with Crippen LogP contribution in [0.4, 0.5) is 52.7 Å². The molecule has 0 aliphatic heterocycles. The molecule has 320 valence electrons. The molecule has 0 heterocycles. The average Bonchev–Trinajstić information content (AvgIpc) is 4.05. The number of halogens is 12. The van der Waals surface area contributed by atoms with Gasteiger partial charge in [0.05, 0.1) is 0 Å². The van der Waals surface area contributed by atoms with E-state index in [0.29, 0.717) is 24.0 Å². The Labute approximate surface area is 357 Å². The third-order valence-corrected chi connectivity index (χ3v) is 29.1. The van der Waals surface area contributed by atoms with Gasteiger partial charge >= 0.3 is 359 Å². The minimum atomic E-state index is -5.72. The normalized spacial score (nSPS) is 16.3. The minimum absolute atomic E-state index is 0.0116. The summed E-state index contributed by atoms with van der Waals surface area (Å²) in [7, 11) is 0. The summed E-state index contributed by atoms with van der Waals surface area (Å²) in [6.45, 7) is 6.73. The predicted molar refractivity (Wildman–Crippen MR) is 210 cm³/mol. The van der Waals surface area contributed by atoms with E-state index >= 15 is 35.1 Å². The summed E-state index contributed by atoms with van der Waals surface area (Å²) in [4.78, 5) is 0. The van der Waals surface area contributed by atoms with Crippen LogP contribution in [0.1, 0.15) is 53.4 Å². The maximum absolute atomic E-state index is 15.4. The van der Waals surface area contributed by atoms with E-state index in [2.05, 4.69) is 0 Å². The van der Waals surface area contributed by atoms with Gasteiger partial charge in [0.2, 0.25) is 0 Å². The second-order valence-corrected chi connectivity index (χ2v) is 27.0. The molecule has 0 amide bonds. The Bertz CT molecular complexity index is 2540. The zero-order valence-electron chi connectivity index (χ0n) is 33.6. The molecule has 0 aromatic heterocycles. The molecule has 0 N–H and O–H groups in total. The van der Waals surface area contributed by atoms with Crippen molar-refractivity contribution in [2.75, 3.05) is 0 Å². The van der Waals surface area contributed by atoms with Crippen LogP contribution in [-0.2, 0) is 33.2 Å². The van der Waals surface area contributed by atoms with Crippen LogP contribution in [0.15, 0.2) is 135 Å². The van der Waals surface area contributed by atoms with Crippen molar-refractivity contribution in [1.82, 2.24) is 0 Å². The SMILES string of the molecule is CC1=[C]([Ti]([C]2=C(C)C=CC2)([c]2c(F)c(F)cc(F)c2F)[c]2c(F)c(F)cc(F)c2F)CC=C1.CC1=[C]([Ti]([C]2=C(C)C=CC2)([c]2c(F)cccc2F)[c]2c(F)cccc2F)CC=C1. The molecule has 0 atom stereocenters. The molecule has 4 aliphatic carbocycles. The van der Waals surface area contributed by atoms with Crippen molar-refractivity contribution in [3.8, 4) is 0 Å². The molecule has 0 saturated carbocycles. The Hall–Kier alpha value is -4.61. The van der Waals surface area contributed by atoms with Crippen LogP contribution >= 0.6 is 0 Å². The molecule has 0 saturated heterocycles. The van der Waals surface area contributed by atoms with Crippen LogP contribution in [0.25, 0.3) is 0 Å². The van der Waals surface area contributed by atoms with E-state index < -0.39 is 111 Å². The van der Waals surface area contributed by atoms with Gasteiger partial charge in [-0.3, -0.25) is 0 Å². The molecule has 0 nitrogen and oxygen atoms in total. The van der Waals surface area contributed by atoms with Crippen molar-refractivity contribution in [2.45, 2.75) is 53.4 Å². The van der Waals surface area contributed by atoms with Crippen LogP contribution in [0.3, 0.4) is 0 Å². The van der Waals surface area contributed by atoms with E-state index in [4.69, 9.17) is 0 Å². The first-order chi connectivity index (χ1) is 29.4. The molecular weight excluding hydrogens is 900 g/mol. The summed E-state index contributed by atoms with van der Waals surface area (Å²) in [6, 6.07) is 7.32. The van der Waals surface area contributed by atoms with Gasteiger partial charge in [0, 0.05) is 0 Å². The second kappa shape index (κ2) is 17.5. The van der Waals surface area contributed by atoms with Crippen LogP contribution in [0.5, 0.6) is 0 Å². The van der Waals surface area contributed by atoms with Gasteiger partial charge in [-0.25, -0.2) is 0 Å². The number of hydrogen-bond donors (Lipinski definition) is 0. The Morgan fingerprint density at radius 2 is 0.548 bits per heavy atom. The fraction of sp³-hybridized carbons (Fsp3) is 0.167. The van der Waals surface area contributed by atoms with Gasteiger partial charge in [0.1, 0.15) is 0 Å². The van der Waals surface area contributed by atoms with E-state index in [1.54, 1.807) is 12.2 Å². The fourth-order valence-electron chi connectivity index (χ4n) is 9.59. The van der Waals surface area contributed by atoms with Gasteiger partial charge < -0.3 is 0 Å². The first-order valence-corrected chi connectivity index (χ1v) is 25.7. The average molecular weight is 937 g/mol. The molecule has 0 radical (unpaired) electrons. The Morgan fingerprint density at radius 1 is 0.323 bits per heavy atom. The number of allylic oxidation sites excluding steroid dienone is 16. The molecular formula is C48H36F12Ti2. The standard InChI is InChI=1S/2C6HF4.2C6H3F2.4C6H7.2Ti/c2*7-3-1-4(8)6(10)2-5(3)9;2*7-5-2-1-3-6(8)4-5;4*1-6-4-2-3-5-6;;/h2*1H;2*1-3H;4*2,4H,3H2,1H3;;. The van der Waals surface area contributed by atoms with Crippen molar-refractivity contribution >= 4 is 15.5 Å². The molecule has 8 rings (SSSR count). The predicted octanol–water partition coefficient (Wildman–Crippen LogP) is 12.2. The fourth-order valence-corrected chi connectivity index (χ4v) is 27.7. The Balaban J connectivity index is 0.000000188. The Kier molecular flexibility index (Phi) is 12.8. The van der Waals surface area contributed by atoms with Crippen molar-refractivity contribution in [3.63, 3.8) is 0 Å². The number of benzene rings is 4. The van der Waals surface area contributed by atoms with E-state index in [9.17, 15) is 17.6 Å². The Morgan fingerprint density at radius 3 is 0.758 bits per heavy atom. The summed E-state index contributed by atoms with van der Waals surface area (Å²) >= 11 is -10.3. The van der Waals surface area contributed by atoms with Crippen LogP contribution in [0, 0.1) is 69.8 Å². The summed E-state index contributed by atoms with van der Waals surface area (Å²) in [5.74, 6) is -17.4. The third-order valence-electron chi connectivity index (χ3n) is 12.1. The molecule has 0 spiro atoms. The van der Waals surface area contributed by atoms with Crippen LogP contribution in [-0.4, -0.2) is 0 Å². The molecule has 4 aromatic carbocycles. The molecule has 0 unspecified atom stereocenters. The van der Waals surface area contributed by atoms with Gasteiger partial charge in [-0.15, -0.1) is 0 Å². The van der Waals surface area contributed by atoms with E-state index in [-0.39, 0.29) is 40.5 Å². The van der Waals surface area contributed by atoms with E-state index in [0.717, 1.165) is 18.9 Å². The van der Waals surface area contributed by atoms with Gasteiger partial charge in [0.15, 0.2) is 0 Å². The summed E-state index contributed by atoms with van der Waals surface area (Å²) in [5, 5.41) is 0. The van der Waals surface area contributed by atoms with Crippen molar-refractivity contribution in [2.24, 2.45) is 0 Å². The summed E-state index contributed by atoms with van der Waals surface area (Å²) in [6.07, 6.45) is 14.5. The molecule has 0 bridgehead atoms. The van der Waals surface area contributed by atoms with Crippen molar-refractivity contribution < 1.29 is 85.9 Å². The van der Waals surface area contributed by atoms with E-state index in [1.165, 1.54) is 62.4 Å². The van der Waals surface area contributed by atoms with Crippen molar-refractivity contribution in [3.05, 3.63) is 205 Å². The molecule has 0 fully saturated rings. The van der Waals surface area contributed by atoms with Gasteiger partial charge in [-0.2, -0.15) is 0 Å². The van der Waals surface area contributed by atoms with Crippen LogP contribution < -0.4 is 15.5 Å². The molecule has 4 aromatic rings. The van der Waals surface area contributed by atoms with Crippen LogP contribution in [0.2, 0.25) is 0 Å². The maximum atomic E-state index is 15.4. The molecule has 14 heteroatoms.